The van der Waals surface area contributed by atoms with Crippen molar-refractivity contribution in [3.8, 4) is 0 Å². The maximum atomic E-state index is 12.6. The van der Waals surface area contributed by atoms with Crippen molar-refractivity contribution in [1.29, 1.82) is 0 Å². The third-order valence-corrected chi connectivity index (χ3v) is 4.47. The van der Waals surface area contributed by atoms with E-state index in [0.29, 0.717) is 5.69 Å². The van der Waals surface area contributed by atoms with E-state index in [9.17, 15) is 4.79 Å². The van der Waals surface area contributed by atoms with Gasteiger partial charge in [0.15, 0.2) is 0 Å². The summed E-state index contributed by atoms with van der Waals surface area (Å²) < 4.78 is 1.80. The number of piperazine rings is 1. The average molecular weight is 298 g/mol. The first-order chi connectivity index (χ1) is 10.6. The van der Waals surface area contributed by atoms with Crippen molar-refractivity contribution in [1.82, 2.24) is 24.4 Å². The number of rotatable bonds is 2. The van der Waals surface area contributed by atoms with Gasteiger partial charge in [-0.3, -0.25) is 4.79 Å². The number of aromatic nitrogens is 4. The van der Waals surface area contributed by atoms with Crippen LogP contribution in [0.5, 0.6) is 0 Å². The second-order valence-electron chi connectivity index (χ2n) is 6.10. The van der Waals surface area contributed by atoms with Gasteiger partial charge in [0.05, 0.1) is 18.4 Å². The molecule has 2 aromatic rings. The second-order valence-corrected chi connectivity index (χ2v) is 6.10. The molecule has 3 aliphatic rings. The molecule has 5 rings (SSSR count). The number of aryl methyl sites for hydroxylation is 2. The number of fused-ring (bicyclic) bond motifs is 2. The first kappa shape index (κ1) is 13.2. The van der Waals surface area contributed by atoms with E-state index in [0.717, 1.165) is 31.0 Å². The second kappa shape index (κ2) is 4.79. The zero-order valence-electron chi connectivity index (χ0n) is 12.7. The Kier molecular flexibility index (Phi) is 2.88. The molecule has 2 aromatic heterocycles. The van der Waals surface area contributed by atoms with E-state index in [-0.39, 0.29) is 18.0 Å². The highest BCUT2D eigenvalue weighted by Crippen LogP contribution is 2.35. The lowest BCUT2D eigenvalue weighted by Gasteiger charge is -2.56. The average Bonchev–Trinajstić information content (AvgIpc) is 2.94. The summed E-state index contributed by atoms with van der Waals surface area (Å²) in [5.74, 6) is 0.993. The summed E-state index contributed by atoms with van der Waals surface area (Å²) in [5.41, 5.74) is 1.49. The number of nitrogens with zero attached hydrogens (tertiary/aromatic N) is 6. The topological polar surface area (TPSA) is 67.2 Å². The number of carbonyl (C=O) groups is 1. The van der Waals surface area contributed by atoms with Gasteiger partial charge in [0, 0.05) is 38.1 Å². The number of amides is 1. The molecule has 0 N–H and O–H groups in total. The van der Waals surface area contributed by atoms with Crippen molar-refractivity contribution >= 4 is 11.7 Å². The van der Waals surface area contributed by atoms with Gasteiger partial charge in [-0.1, -0.05) is 0 Å². The highest BCUT2D eigenvalue weighted by atomic mass is 16.2. The van der Waals surface area contributed by atoms with Crippen molar-refractivity contribution in [3.05, 3.63) is 36.3 Å². The largest absolute Gasteiger partial charge is 0.352 e. The summed E-state index contributed by atoms with van der Waals surface area (Å²) >= 11 is 0. The van der Waals surface area contributed by atoms with Crippen LogP contribution in [0.3, 0.4) is 0 Å². The van der Waals surface area contributed by atoms with Gasteiger partial charge in [0.1, 0.15) is 17.8 Å². The molecule has 2 unspecified atom stereocenters. The molecule has 0 aromatic carbocycles. The molecule has 1 amide bonds. The first-order valence-corrected chi connectivity index (χ1v) is 7.46. The van der Waals surface area contributed by atoms with Crippen molar-refractivity contribution in [3.63, 3.8) is 0 Å². The van der Waals surface area contributed by atoms with E-state index in [2.05, 4.69) is 19.9 Å². The molecule has 3 aliphatic heterocycles. The summed E-state index contributed by atoms with van der Waals surface area (Å²) in [6.07, 6.45) is 6.11. The van der Waals surface area contributed by atoms with Gasteiger partial charge < -0.3 is 14.4 Å². The maximum absolute atomic E-state index is 12.6. The van der Waals surface area contributed by atoms with Gasteiger partial charge in [-0.25, -0.2) is 15.0 Å². The molecule has 5 heterocycles. The van der Waals surface area contributed by atoms with Crippen LogP contribution in [0.1, 0.15) is 22.6 Å². The lowest BCUT2D eigenvalue weighted by atomic mass is 9.87. The van der Waals surface area contributed by atoms with Gasteiger partial charge in [0.2, 0.25) is 0 Å². The molecular weight excluding hydrogens is 280 g/mol. The summed E-state index contributed by atoms with van der Waals surface area (Å²) in [6.45, 7) is 3.61. The van der Waals surface area contributed by atoms with E-state index in [4.69, 9.17) is 0 Å². The molecule has 2 bridgehead atoms. The Morgan fingerprint density at radius 3 is 2.64 bits per heavy atom. The quantitative estimate of drug-likeness (QED) is 0.813. The van der Waals surface area contributed by atoms with Crippen molar-refractivity contribution in [2.75, 3.05) is 18.0 Å². The van der Waals surface area contributed by atoms with Crippen molar-refractivity contribution in [2.24, 2.45) is 7.05 Å². The van der Waals surface area contributed by atoms with E-state index < -0.39 is 0 Å². The highest BCUT2D eigenvalue weighted by Gasteiger charge is 2.48. The maximum Gasteiger partial charge on any atom is 0.274 e. The molecule has 7 nitrogen and oxygen atoms in total. The number of carbonyl (C=O) groups excluding carboxylic acids is 1. The van der Waals surface area contributed by atoms with E-state index in [1.54, 1.807) is 23.4 Å². The lowest BCUT2D eigenvalue weighted by molar-refractivity contribution is 0.00527. The SMILES string of the molecule is Cc1cc(N2CC3CC(C2)N3C(=O)c2cn(C)cn2)ncn1. The summed E-state index contributed by atoms with van der Waals surface area (Å²) in [7, 11) is 1.87. The molecule has 0 aliphatic carbocycles. The third-order valence-electron chi connectivity index (χ3n) is 4.47. The number of imidazole rings is 1. The zero-order chi connectivity index (χ0) is 15.3. The molecule has 0 spiro atoms. The number of hydrogen-bond acceptors (Lipinski definition) is 5. The van der Waals surface area contributed by atoms with Crippen LogP contribution in [-0.4, -0.2) is 55.5 Å². The monoisotopic (exact) mass is 298 g/mol. The van der Waals surface area contributed by atoms with Crippen LogP contribution < -0.4 is 4.90 Å². The third kappa shape index (κ3) is 2.04. The standard InChI is InChI=1S/C15H18N6O/c1-10-3-14(17-8-16-10)20-5-11-4-12(6-20)21(11)15(22)13-7-19(2)9-18-13/h3,7-9,11-12H,4-6H2,1-2H3. The van der Waals surface area contributed by atoms with E-state index in [1.165, 1.54) is 0 Å². The Morgan fingerprint density at radius 2 is 2.00 bits per heavy atom. The molecule has 0 saturated carbocycles. The number of hydrogen-bond donors (Lipinski definition) is 0. The van der Waals surface area contributed by atoms with E-state index in [1.807, 2.05) is 24.9 Å². The molecule has 3 fully saturated rings. The van der Waals surface area contributed by atoms with Crippen LogP contribution in [0, 0.1) is 6.92 Å². The Morgan fingerprint density at radius 1 is 1.23 bits per heavy atom. The minimum Gasteiger partial charge on any atom is -0.352 e. The molecule has 114 valence electrons. The Labute approximate surface area is 128 Å². The van der Waals surface area contributed by atoms with Gasteiger partial charge >= 0.3 is 0 Å². The Hall–Kier alpha value is -2.44. The Balaban J connectivity index is 1.50. The van der Waals surface area contributed by atoms with Gasteiger partial charge in [-0.05, 0) is 13.3 Å². The predicted molar refractivity (Wildman–Crippen MR) is 80.6 cm³/mol. The molecule has 2 atom stereocenters. The molecule has 22 heavy (non-hydrogen) atoms. The molecule has 7 heteroatoms. The normalized spacial score (nSPS) is 23.4. The van der Waals surface area contributed by atoms with Crippen LogP contribution in [0.15, 0.2) is 24.9 Å². The number of anilines is 1. The van der Waals surface area contributed by atoms with Gasteiger partial charge in [-0.2, -0.15) is 0 Å². The lowest BCUT2D eigenvalue weighted by Crippen LogP contribution is -2.70. The van der Waals surface area contributed by atoms with Crippen LogP contribution in [0.25, 0.3) is 0 Å². The summed E-state index contributed by atoms with van der Waals surface area (Å²) in [6, 6.07) is 2.50. The number of piperidine rings is 1. The van der Waals surface area contributed by atoms with Gasteiger partial charge in [-0.15, -0.1) is 0 Å². The fourth-order valence-electron chi connectivity index (χ4n) is 3.40. The smallest absolute Gasteiger partial charge is 0.274 e. The highest BCUT2D eigenvalue weighted by molar-refractivity contribution is 5.93. The summed E-state index contributed by atoms with van der Waals surface area (Å²) in [4.78, 5) is 29.4. The minimum absolute atomic E-state index is 0.0420. The first-order valence-electron chi connectivity index (χ1n) is 7.46. The fraction of sp³-hybridized carbons (Fsp3) is 0.467. The van der Waals surface area contributed by atoms with Gasteiger partial charge in [0.25, 0.3) is 5.91 Å². The van der Waals surface area contributed by atoms with Crippen LogP contribution in [-0.2, 0) is 7.05 Å². The molecular formula is C15H18N6O. The fourth-order valence-corrected chi connectivity index (χ4v) is 3.40. The van der Waals surface area contributed by atoms with Crippen molar-refractivity contribution in [2.45, 2.75) is 25.4 Å². The Bertz CT molecular complexity index is 714. The minimum atomic E-state index is 0.0420. The van der Waals surface area contributed by atoms with E-state index >= 15 is 0 Å². The zero-order valence-corrected chi connectivity index (χ0v) is 12.7. The van der Waals surface area contributed by atoms with Crippen LogP contribution in [0.4, 0.5) is 5.82 Å². The molecule has 0 radical (unpaired) electrons. The molecule has 3 saturated heterocycles. The predicted octanol–water partition coefficient (Wildman–Crippen LogP) is 0.622. The summed E-state index contributed by atoms with van der Waals surface area (Å²) in [5, 5.41) is 0. The van der Waals surface area contributed by atoms with Crippen LogP contribution >= 0.6 is 0 Å². The van der Waals surface area contributed by atoms with Crippen LogP contribution in [0.2, 0.25) is 0 Å². The van der Waals surface area contributed by atoms with Crippen molar-refractivity contribution < 1.29 is 4.79 Å².